The molecule has 1 saturated heterocycles. The maximum absolute atomic E-state index is 6.10. The first kappa shape index (κ1) is 15.5. The Morgan fingerprint density at radius 1 is 1.12 bits per heavy atom. The number of morpholine rings is 1. The zero-order valence-corrected chi connectivity index (χ0v) is 13.6. The van der Waals surface area contributed by atoms with Crippen molar-refractivity contribution >= 4 is 0 Å². The molecule has 0 spiro atoms. The second-order valence-corrected chi connectivity index (χ2v) is 6.41. The molecule has 24 heavy (non-hydrogen) atoms. The van der Waals surface area contributed by atoms with Gasteiger partial charge in [0.1, 0.15) is 0 Å². The minimum atomic E-state index is 0.240. The van der Waals surface area contributed by atoms with E-state index in [1.807, 2.05) is 12.4 Å². The molecule has 2 aromatic heterocycles. The monoisotopic (exact) mass is 326 g/mol. The minimum Gasteiger partial charge on any atom is -0.463 e. The Morgan fingerprint density at radius 2 is 1.96 bits per heavy atom. The predicted molar refractivity (Wildman–Crippen MR) is 88.4 cm³/mol. The van der Waals surface area contributed by atoms with E-state index >= 15 is 0 Å². The van der Waals surface area contributed by atoms with Crippen LogP contribution in [0, 0.1) is 5.92 Å². The van der Waals surface area contributed by atoms with Gasteiger partial charge in [-0.25, -0.2) is 9.97 Å². The molecule has 2 aromatic rings. The van der Waals surface area contributed by atoms with Gasteiger partial charge in [0.15, 0.2) is 0 Å². The summed E-state index contributed by atoms with van der Waals surface area (Å²) in [5, 5.41) is 0. The number of nitrogens with zero attached hydrogens (tertiary/aromatic N) is 4. The van der Waals surface area contributed by atoms with Gasteiger partial charge < -0.3 is 9.47 Å². The fourth-order valence-corrected chi connectivity index (χ4v) is 3.78. The number of aromatic nitrogens is 3. The van der Waals surface area contributed by atoms with Gasteiger partial charge in [-0.3, -0.25) is 9.88 Å². The van der Waals surface area contributed by atoms with Crippen LogP contribution in [0.5, 0.6) is 6.01 Å². The topological polar surface area (TPSA) is 60.4 Å². The first-order valence-corrected chi connectivity index (χ1v) is 8.54. The number of hydrogen-bond acceptors (Lipinski definition) is 6. The van der Waals surface area contributed by atoms with Crippen LogP contribution in [0.15, 0.2) is 43.0 Å². The molecule has 3 heterocycles. The Kier molecular flexibility index (Phi) is 4.66. The molecular formula is C18H22N4O2. The largest absolute Gasteiger partial charge is 0.463 e. The fraction of sp³-hybridized carbons (Fsp3) is 0.500. The summed E-state index contributed by atoms with van der Waals surface area (Å²) < 4.78 is 11.9. The van der Waals surface area contributed by atoms with Crippen LogP contribution in [0.4, 0.5) is 0 Å². The van der Waals surface area contributed by atoms with Crippen LogP contribution in [0.2, 0.25) is 0 Å². The molecule has 2 aliphatic rings. The standard InChI is InChI=1S/C18H22N4O2/c1-6-20-18(21-7-1)24-13-15-2-3-16-17(15)23-11-10-22(16)12-14-4-8-19-9-5-14/h1,4-9,15-17H,2-3,10-13H2/t15-,16+,17-/m0/s1. The van der Waals surface area contributed by atoms with Crippen molar-refractivity contribution < 1.29 is 9.47 Å². The van der Waals surface area contributed by atoms with E-state index in [-0.39, 0.29) is 6.10 Å². The molecule has 0 amide bonds. The summed E-state index contributed by atoms with van der Waals surface area (Å²) in [6.45, 7) is 3.35. The van der Waals surface area contributed by atoms with E-state index in [4.69, 9.17) is 9.47 Å². The van der Waals surface area contributed by atoms with Gasteiger partial charge in [0.2, 0.25) is 0 Å². The highest BCUT2D eigenvalue weighted by Gasteiger charge is 2.42. The van der Waals surface area contributed by atoms with Crippen molar-refractivity contribution in [1.29, 1.82) is 0 Å². The lowest BCUT2D eigenvalue weighted by molar-refractivity contribution is -0.0819. The highest BCUT2D eigenvalue weighted by Crippen LogP contribution is 2.35. The summed E-state index contributed by atoms with van der Waals surface area (Å²) in [7, 11) is 0. The lowest BCUT2D eigenvalue weighted by Gasteiger charge is -2.39. The van der Waals surface area contributed by atoms with Crippen LogP contribution in [-0.4, -0.2) is 51.8 Å². The zero-order valence-electron chi connectivity index (χ0n) is 13.6. The van der Waals surface area contributed by atoms with Crippen molar-refractivity contribution in [2.75, 3.05) is 19.8 Å². The summed E-state index contributed by atoms with van der Waals surface area (Å²) in [6.07, 6.45) is 9.63. The van der Waals surface area contributed by atoms with Gasteiger partial charge in [0.25, 0.3) is 0 Å². The quantitative estimate of drug-likeness (QED) is 0.837. The predicted octanol–water partition coefficient (Wildman–Crippen LogP) is 1.93. The maximum Gasteiger partial charge on any atom is 0.316 e. The van der Waals surface area contributed by atoms with Crippen molar-refractivity contribution in [1.82, 2.24) is 19.9 Å². The average molecular weight is 326 g/mol. The Balaban J connectivity index is 1.37. The lowest BCUT2D eigenvalue weighted by atomic mass is 10.0. The number of pyridine rings is 1. The number of rotatable bonds is 5. The van der Waals surface area contributed by atoms with Gasteiger partial charge >= 0.3 is 6.01 Å². The molecule has 1 saturated carbocycles. The minimum absolute atomic E-state index is 0.240. The van der Waals surface area contributed by atoms with E-state index in [2.05, 4.69) is 32.0 Å². The van der Waals surface area contributed by atoms with Crippen LogP contribution in [0.1, 0.15) is 18.4 Å². The summed E-state index contributed by atoms with van der Waals surface area (Å²) in [5.41, 5.74) is 1.31. The first-order chi connectivity index (χ1) is 11.9. The molecular weight excluding hydrogens is 304 g/mol. The fourth-order valence-electron chi connectivity index (χ4n) is 3.78. The Bertz CT molecular complexity index is 640. The van der Waals surface area contributed by atoms with Gasteiger partial charge in [-0.15, -0.1) is 0 Å². The Labute approximate surface area is 141 Å². The molecule has 126 valence electrons. The molecule has 0 aromatic carbocycles. The van der Waals surface area contributed by atoms with E-state index in [1.54, 1.807) is 18.5 Å². The zero-order chi connectivity index (χ0) is 16.2. The Hall–Kier alpha value is -2.05. The van der Waals surface area contributed by atoms with Gasteiger partial charge in [0.05, 0.1) is 19.3 Å². The third-order valence-corrected chi connectivity index (χ3v) is 4.94. The lowest BCUT2D eigenvalue weighted by Crippen LogP contribution is -2.50. The van der Waals surface area contributed by atoms with E-state index in [1.165, 1.54) is 5.56 Å². The molecule has 0 radical (unpaired) electrons. The van der Waals surface area contributed by atoms with Crippen molar-refractivity contribution in [3.05, 3.63) is 48.5 Å². The van der Waals surface area contributed by atoms with Gasteiger partial charge in [-0.2, -0.15) is 0 Å². The smallest absolute Gasteiger partial charge is 0.316 e. The van der Waals surface area contributed by atoms with Gasteiger partial charge in [-0.1, -0.05) is 0 Å². The Morgan fingerprint density at radius 3 is 2.79 bits per heavy atom. The van der Waals surface area contributed by atoms with Crippen LogP contribution < -0.4 is 4.74 Å². The average Bonchev–Trinajstić information content (AvgIpc) is 3.06. The van der Waals surface area contributed by atoms with Crippen molar-refractivity contribution in [3.63, 3.8) is 0 Å². The second-order valence-electron chi connectivity index (χ2n) is 6.41. The molecule has 0 N–H and O–H groups in total. The van der Waals surface area contributed by atoms with E-state index < -0.39 is 0 Å². The third kappa shape index (κ3) is 3.39. The van der Waals surface area contributed by atoms with Crippen LogP contribution in [0.3, 0.4) is 0 Å². The second kappa shape index (κ2) is 7.23. The maximum atomic E-state index is 6.10. The highest BCUT2D eigenvalue weighted by molar-refractivity contribution is 5.10. The summed E-state index contributed by atoms with van der Waals surface area (Å²) in [4.78, 5) is 14.9. The highest BCUT2D eigenvalue weighted by atomic mass is 16.5. The third-order valence-electron chi connectivity index (χ3n) is 4.94. The van der Waals surface area contributed by atoms with Crippen molar-refractivity contribution in [2.45, 2.75) is 31.5 Å². The summed E-state index contributed by atoms with van der Waals surface area (Å²) in [6, 6.07) is 6.89. The van der Waals surface area contributed by atoms with E-state index in [9.17, 15) is 0 Å². The molecule has 3 atom stereocenters. The first-order valence-electron chi connectivity index (χ1n) is 8.54. The molecule has 1 aliphatic heterocycles. The van der Waals surface area contributed by atoms with Crippen LogP contribution in [0.25, 0.3) is 0 Å². The molecule has 2 fully saturated rings. The van der Waals surface area contributed by atoms with Gasteiger partial charge in [-0.05, 0) is 36.6 Å². The normalized spacial score (nSPS) is 26.9. The molecule has 0 unspecified atom stereocenters. The number of fused-ring (bicyclic) bond motifs is 1. The summed E-state index contributed by atoms with van der Waals surface area (Å²) >= 11 is 0. The van der Waals surface area contributed by atoms with E-state index in [0.717, 1.165) is 32.5 Å². The van der Waals surface area contributed by atoms with Crippen LogP contribution >= 0.6 is 0 Å². The molecule has 4 rings (SSSR count). The number of hydrogen-bond donors (Lipinski definition) is 0. The van der Waals surface area contributed by atoms with Crippen LogP contribution in [-0.2, 0) is 11.3 Å². The SMILES string of the molecule is c1cnc(OC[C@@H]2CC[C@@H]3[C@H]2OCCN3Cc2ccncc2)nc1. The number of ether oxygens (including phenoxy) is 2. The van der Waals surface area contributed by atoms with Gasteiger partial charge in [0, 0.05) is 49.8 Å². The molecule has 0 bridgehead atoms. The van der Waals surface area contributed by atoms with Crippen molar-refractivity contribution in [3.8, 4) is 6.01 Å². The molecule has 6 nitrogen and oxygen atoms in total. The molecule has 1 aliphatic carbocycles. The van der Waals surface area contributed by atoms with E-state index in [0.29, 0.717) is 24.6 Å². The van der Waals surface area contributed by atoms with Crippen molar-refractivity contribution in [2.24, 2.45) is 5.92 Å². The molecule has 6 heteroatoms. The summed E-state index contributed by atoms with van der Waals surface area (Å²) in [5.74, 6) is 0.402.